The van der Waals surface area contributed by atoms with Crippen LogP contribution in [0.25, 0.3) is 10.1 Å². The standard InChI is InChI=1S/C14H20N2S/c1-11(16(2)3)8-15-9-12-10-17-14-7-5-4-6-13(12)14/h4-7,10-11,15H,8-9H2,1-3H3. The van der Waals surface area contributed by atoms with Crippen molar-refractivity contribution in [2.75, 3.05) is 20.6 Å². The Morgan fingerprint density at radius 1 is 1.29 bits per heavy atom. The van der Waals surface area contributed by atoms with Crippen molar-refractivity contribution in [2.24, 2.45) is 0 Å². The SMILES string of the molecule is CC(CNCc1csc2ccccc12)N(C)C. The molecule has 0 radical (unpaired) electrons. The molecule has 0 saturated carbocycles. The van der Waals surface area contributed by atoms with Crippen LogP contribution in [0.3, 0.4) is 0 Å². The van der Waals surface area contributed by atoms with Gasteiger partial charge in [0, 0.05) is 23.8 Å². The highest BCUT2D eigenvalue weighted by molar-refractivity contribution is 7.17. The van der Waals surface area contributed by atoms with E-state index in [0.717, 1.165) is 13.1 Å². The van der Waals surface area contributed by atoms with Gasteiger partial charge in [-0.25, -0.2) is 0 Å². The molecular weight excluding hydrogens is 228 g/mol. The Balaban J connectivity index is 1.95. The molecule has 2 aromatic rings. The van der Waals surface area contributed by atoms with E-state index in [-0.39, 0.29) is 0 Å². The highest BCUT2D eigenvalue weighted by atomic mass is 32.1. The number of hydrogen-bond acceptors (Lipinski definition) is 3. The van der Waals surface area contributed by atoms with Gasteiger partial charge < -0.3 is 10.2 Å². The second-order valence-corrected chi connectivity index (χ2v) is 5.61. The molecule has 0 bridgehead atoms. The molecule has 2 nitrogen and oxygen atoms in total. The summed E-state index contributed by atoms with van der Waals surface area (Å²) in [5, 5.41) is 7.18. The quantitative estimate of drug-likeness (QED) is 0.875. The van der Waals surface area contributed by atoms with Crippen LogP contribution in [0.1, 0.15) is 12.5 Å². The number of nitrogens with zero attached hydrogens (tertiary/aromatic N) is 1. The minimum Gasteiger partial charge on any atom is -0.311 e. The molecule has 1 aromatic carbocycles. The van der Waals surface area contributed by atoms with Gasteiger partial charge in [0.05, 0.1) is 0 Å². The van der Waals surface area contributed by atoms with Crippen molar-refractivity contribution in [2.45, 2.75) is 19.5 Å². The summed E-state index contributed by atoms with van der Waals surface area (Å²) in [7, 11) is 4.23. The zero-order valence-corrected chi connectivity index (χ0v) is 11.6. The van der Waals surface area contributed by atoms with Crippen molar-refractivity contribution in [3.8, 4) is 0 Å². The zero-order valence-electron chi connectivity index (χ0n) is 10.7. The largest absolute Gasteiger partial charge is 0.311 e. The van der Waals surface area contributed by atoms with E-state index in [2.05, 4.69) is 60.9 Å². The van der Waals surface area contributed by atoms with Crippen LogP contribution in [-0.2, 0) is 6.54 Å². The smallest absolute Gasteiger partial charge is 0.0346 e. The molecule has 1 heterocycles. The molecule has 1 N–H and O–H groups in total. The highest BCUT2D eigenvalue weighted by Gasteiger charge is 2.05. The molecule has 0 saturated heterocycles. The lowest BCUT2D eigenvalue weighted by Crippen LogP contribution is -2.35. The Kier molecular flexibility index (Phi) is 4.15. The molecule has 1 unspecified atom stereocenters. The van der Waals surface area contributed by atoms with Crippen LogP contribution < -0.4 is 5.32 Å². The Bertz CT molecular complexity index is 476. The fraction of sp³-hybridized carbons (Fsp3) is 0.429. The summed E-state index contributed by atoms with van der Waals surface area (Å²) in [4.78, 5) is 2.23. The van der Waals surface area contributed by atoms with Crippen LogP contribution in [0, 0.1) is 0 Å². The maximum absolute atomic E-state index is 3.53. The summed E-state index contributed by atoms with van der Waals surface area (Å²) in [6.07, 6.45) is 0. The predicted molar refractivity (Wildman–Crippen MR) is 76.7 cm³/mol. The van der Waals surface area contributed by atoms with Gasteiger partial charge in [0.15, 0.2) is 0 Å². The first-order valence-corrected chi connectivity index (χ1v) is 6.88. The minimum atomic E-state index is 0.569. The summed E-state index contributed by atoms with van der Waals surface area (Å²) in [6.45, 7) is 4.22. The predicted octanol–water partition coefficient (Wildman–Crippen LogP) is 2.94. The molecule has 0 spiro atoms. The molecule has 2 rings (SSSR count). The molecule has 17 heavy (non-hydrogen) atoms. The Hall–Kier alpha value is -0.900. The van der Waals surface area contributed by atoms with E-state index >= 15 is 0 Å². The lowest BCUT2D eigenvalue weighted by molar-refractivity contribution is 0.303. The first-order chi connectivity index (χ1) is 8.18. The number of rotatable bonds is 5. The first kappa shape index (κ1) is 12.6. The maximum Gasteiger partial charge on any atom is 0.0346 e. The van der Waals surface area contributed by atoms with Crippen molar-refractivity contribution < 1.29 is 0 Å². The normalized spacial score (nSPS) is 13.4. The molecule has 0 aliphatic rings. The minimum absolute atomic E-state index is 0.569. The van der Waals surface area contributed by atoms with Crippen LogP contribution in [0.5, 0.6) is 0 Å². The van der Waals surface area contributed by atoms with Crippen molar-refractivity contribution in [3.63, 3.8) is 0 Å². The van der Waals surface area contributed by atoms with Crippen LogP contribution in [-0.4, -0.2) is 31.6 Å². The number of thiophene rings is 1. The average molecular weight is 248 g/mol. The topological polar surface area (TPSA) is 15.3 Å². The van der Waals surface area contributed by atoms with Gasteiger partial charge in [0.1, 0.15) is 0 Å². The third-order valence-corrected chi connectivity index (χ3v) is 4.21. The highest BCUT2D eigenvalue weighted by Crippen LogP contribution is 2.25. The second-order valence-electron chi connectivity index (χ2n) is 4.70. The summed E-state index contributed by atoms with van der Waals surface area (Å²) in [5.74, 6) is 0. The van der Waals surface area contributed by atoms with Gasteiger partial charge in [-0.3, -0.25) is 0 Å². The van der Waals surface area contributed by atoms with E-state index in [9.17, 15) is 0 Å². The van der Waals surface area contributed by atoms with Crippen LogP contribution in [0.2, 0.25) is 0 Å². The second kappa shape index (κ2) is 5.63. The fourth-order valence-corrected chi connectivity index (χ4v) is 2.73. The number of hydrogen-bond donors (Lipinski definition) is 1. The van der Waals surface area contributed by atoms with Crippen molar-refractivity contribution >= 4 is 21.4 Å². The lowest BCUT2D eigenvalue weighted by atomic mass is 10.2. The molecule has 0 aliphatic heterocycles. The third kappa shape index (κ3) is 3.06. The molecule has 0 fully saturated rings. The molecule has 3 heteroatoms. The van der Waals surface area contributed by atoms with Crippen molar-refractivity contribution in [1.29, 1.82) is 0 Å². The Labute approximate surface area is 107 Å². The van der Waals surface area contributed by atoms with Gasteiger partial charge in [0.25, 0.3) is 0 Å². The fourth-order valence-electron chi connectivity index (χ4n) is 1.77. The van der Waals surface area contributed by atoms with Gasteiger partial charge >= 0.3 is 0 Å². The van der Waals surface area contributed by atoms with Crippen LogP contribution in [0.4, 0.5) is 0 Å². The monoisotopic (exact) mass is 248 g/mol. The Morgan fingerprint density at radius 2 is 2.06 bits per heavy atom. The van der Waals surface area contributed by atoms with Crippen molar-refractivity contribution in [3.05, 3.63) is 35.2 Å². The summed E-state index contributed by atoms with van der Waals surface area (Å²) >= 11 is 1.83. The molecular formula is C14H20N2S. The van der Waals surface area contributed by atoms with E-state index in [0.29, 0.717) is 6.04 Å². The number of nitrogens with one attached hydrogen (secondary N) is 1. The van der Waals surface area contributed by atoms with E-state index in [1.807, 2.05) is 11.3 Å². The molecule has 1 aromatic heterocycles. The van der Waals surface area contributed by atoms with Gasteiger partial charge in [-0.2, -0.15) is 0 Å². The van der Waals surface area contributed by atoms with E-state index in [1.165, 1.54) is 15.6 Å². The van der Waals surface area contributed by atoms with Gasteiger partial charge in [0.2, 0.25) is 0 Å². The average Bonchev–Trinajstić information content (AvgIpc) is 2.72. The molecule has 92 valence electrons. The van der Waals surface area contributed by atoms with Gasteiger partial charge in [-0.05, 0) is 43.4 Å². The first-order valence-electron chi connectivity index (χ1n) is 6.00. The van der Waals surface area contributed by atoms with E-state index < -0.39 is 0 Å². The summed E-state index contributed by atoms with van der Waals surface area (Å²) in [6, 6.07) is 9.18. The lowest BCUT2D eigenvalue weighted by Gasteiger charge is -2.19. The molecule has 0 amide bonds. The van der Waals surface area contributed by atoms with Crippen LogP contribution in [0.15, 0.2) is 29.6 Å². The van der Waals surface area contributed by atoms with E-state index in [4.69, 9.17) is 0 Å². The maximum atomic E-state index is 3.53. The zero-order chi connectivity index (χ0) is 12.3. The summed E-state index contributed by atoms with van der Waals surface area (Å²) < 4.78 is 1.38. The summed E-state index contributed by atoms with van der Waals surface area (Å²) in [5.41, 5.74) is 1.41. The Morgan fingerprint density at radius 3 is 2.82 bits per heavy atom. The third-order valence-electron chi connectivity index (χ3n) is 3.20. The number of fused-ring (bicyclic) bond motifs is 1. The number of benzene rings is 1. The number of likely N-dealkylation sites (N-methyl/N-ethyl adjacent to an activating group) is 1. The van der Waals surface area contributed by atoms with Crippen LogP contribution >= 0.6 is 11.3 Å². The molecule has 1 atom stereocenters. The van der Waals surface area contributed by atoms with Gasteiger partial charge in [-0.1, -0.05) is 18.2 Å². The van der Waals surface area contributed by atoms with Gasteiger partial charge in [-0.15, -0.1) is 11.3 Å². The van der Waals surface area contributed by atoms with E-state index in [1.54, 1.807) is 0 Å². The van der Waals surface area contributed by atoms with Crippen molar-refractivity contribution in [1.82, 2.24) is 10.2 Å². The molecule has 0 aliphatic carbocycles.